The lowest BCUT2D eigenvalue weighted by Crippen LogP contribution is -2.31. The van der Waals surface area contributed by atoms with Gasteiger partial charge in [-0.25, -0.2) is 0 Å². The van der Waals surface area contributed by atoms with Gasteiger partial charge in [0.05, 0.1) is 17.7 Å². The number of methoxy groups -OCH3 is 1. The van der Waals surface area contributed by atoms with E-state index < -0.39 is 0 Å². The number of thioether (sulfide) groups is 1. The van der Waals surface area contributed by atoms with Crippen LogP contribution in [0.1, 0.15) is 15.9 Å². The summed E-state index contributed by atoms with van der Waals surface area (Å²) in [5.41, 5.74) is 2.10. The van der Waals surface area contributed by atoms with Crippen molar-refractivity contribution in [3.8, 4) is 5.75 Å². The summed E-state index contributed by atoms with van der Waals surface area (Å²) in [5, 5.41) is 5.76. The van der Waals surface area contributed by atoms with E-state index in [1.807, 2.05) is 55.4 Å². The van der Waals surface area contributed by atoms with Crippen LogP contribution in [0.2, 0.25) is 0 Å². The number of nitrogens with one attached hydrogen (secondary N) is 2. The number of carbonyl (C=O) groups is 2. The largest absolute Gasteiger partial charge is 0.497 e. The highest BCUT2D eigenvalue weighted by Crippen LogP contribution is 2.39. The van der Waals surface area contributed by atoms with Crippen molar-refractivity contribution in [3.63, 3.8) is 0 Å². The second-order valence-electron chi connectivity index (χ2n) is 6.61. The molecule has 6 nitrogen and oxygen atoms in total. The van der Waals surface area contributed by atoms with Gasteiger partial charge < -0.3 is 20.3 Å². The Labute approximate surface area is 168 Å². The number of anilines is 1. The number of ether oxygens (including phenoxy) is 1. The number of rotatable bonds is 6. The summed E-state index contributed by atoms with van der Waals surface area (Å²) >= 11 is 1.39. The van der Waals surface area contributed by atoms with Crippen LogP contribution in [0.15, 0.2) is 52.3 Å². The zero-order chi connectivity index (χ0) is 20.1. The van der Waals surface area contributed by atoms with Crippen molar-refractivity contribution < 1.29 is 14.3 Å². The lowest BCUT2D eigenvalue weighted by atomic mass is 10.1. The van der Waals surface area contributed by atoms with Gasteiger partial charge in [0.2, 0.25) is 0 Å². The van der Waals surface area contributed by atoms with E-state index >= 15 is 0 Å². The Morgan fingerprint density at radius 3 is 2.64 bits per heavy atom. The normalized spacial score (nSPS) is 14.6. The molecule has 0 atom stereocenters. The Balaban J connectivity index is 1.73. The van der Waals surface area contributed by atoms with Crippen molar-refractivity contribution >= 4 is 35.3 Å². The SMILES string of the molecule is COc1ccc(/C=C2/Sc3ccc(C(=O)NCCN(C)C)cc3NC2=O)cc1. The number of benzene rings is 2. The Kier molecular flexibility index (Phi) is 6.38. The Morgan fingerprint density at radius 2 is 1.96 bits per heavy atom. The molecule has 1 aliphatic heterocycles. The molecule has 2 aromatic rings. The predicted molar refractivity (Wildman–Crippen MR) is 113 cm³/mol. The van der Waals surface area contributed by atoms with Crippen LogP contribution in [-0.2, 0) is 4.79 Å². The van der Waals surface area contributed by atoms with Gasteiger partial charge >= 0.3 is 0 Å². The van der Waals surface area contributed by atoms with Gasteiger partial charge in [-0.15, -0.1) is 0 Å². The highest BCUT2D eigenvalue weighted by molar-refractivity contribution is 8.04. The molecule has 0 unspecified atom stereocenters. The monoisotopic (exact) mass is 397 g/mol. The maximum Gasteiger partial charge on any atom is 0.262 e. The van der Waals surface area contributed by atoms with Gasteiger partial charge in [0.15, 0.2) is 0 Å². The maximum atomic E-state index is 12.5. The van der Waals surface area contributed by atoms with E-state index in [0.717, 1.165) is 22.8 Å². The van der Waals surface area contributed by atoms with E-state index in [-0.39, 0.29) is 11.8 Å². The fraction of sp³-hybridized carbons (Fsp3) is 0.238. The van der Waals surface area contributed by atoms with Crippen LogP contribution in [0.3, 0.4) is 0 Å². The van der Waals surface area contributed by atoms with Gasteiger partial charge in [0.25, 0.3) is 11.8 Å². The minimum absolute atomic E-state index is 0.150. The molecule has 1 aliphatic rings. The Morgan fingerprint density at radius 1 is 1.21 bits per heavy atom. The van der Waals surface area contributed by atoms with E-state index in [4.69, 9.17) is 4.74 Å². The average molecular weight is 398 g/mol. The van der Waals surface area contributed by atoms with E-state index in [2.05, 4.69) is 10.6 Å². The summed E-state index contributed by atoms with van der Waals surface area (Å²) in [6.45, 7) is 1.33. The van der Waals surface area contributed by atoms with Gasteiger partial charge in [-0.1, -0.05) is 23.9 Å². The molecule has 3 rings (SSSR count). The van der Waals surface area contributed by atoms with Crippen molar-refractivity contribution in [2.75, 3.05) is 39.6 Å². The van der Waals surface area contributed by atoms with Gasteiger partial charge in [-0.3, -0.25) is 9.59 Å². The summed E-state index contributed by atoms with van der Waals surface area (Å²) in [6.07, 6.45) is 1.84. The number of amides is 2. The molecule has 0 saturated heterocycles. The second kappa shape index (κ2) is 8.95. The van der Waals surface area contributed by atoms with E-state index in [1.54, 1.807) is 19.2 Å². The highest BCUT2D eigenvalue weighted by Gasteiger charge is 2.22. The smallest absolute Gasteiger partial charge is 0.262 e. The minimum Gasteiger partial charge on any atom is -0.497 e. The zero-order valence-corrected chi connectivity index (χ0v) is 16.9. The molecular weight excluding hydrogens is 374 g/mol. The van der Waals surface area contributed by atoms with Crippen LogP contribution in [0.25, 0.3) is 6.08 Å². The van der Waals surface area contributed by atoms with Crippen LogP contribution in [0, 0.1) is 0 Å². The predicted octanol–water partition coefficient (Wildman–Crippen LogP) is 3.07. The lowest BCUT2D eigenvalue weighted by Gasteiger charge is -2.19. The van der Waals surface area contributed by atoms with E-state index in [9.17, 15) is 9.59 Å². The standard InChI is InChI=1S/C21H23N3O3S/c1-24(2)11-10-22-20(25)15-6-9-18-17(13-15)23-21(26)19(28-18)12-14-4-7-16(27-3)8-5-14/h4-9,12-13H,10-11H2,1-3H3,(H,22,25)(H,23,26)/b19-12+. The van der Waals surface area contributed by atoms with Gasteiger partial charge in [-0.05, 0) is 56.1 Å². The molecule has 28 heavy (non-hydrogen) atoms. The maximum absolute atomic E-state index is 12.5. The second-order valence-corrected chi connectivity index (χ2v) is 7.69. The number of fused-ring (bicyclic) bond motifs is 1. The van der Waals surface area contributed by atoms with Crippen LogP contribution in [0.4, 0.5) is 5.69 Å². The molecule has 146 valence electrons. The number of carbonyl (C=O) groups excluding carboxylic acids is 2. The third-order valence-electron chi connectivity index (χ3n) is 4.19. The van der Waals surface area contributed by atoms with Gasteiger partial charge in [0.1, 0.15) is 5.75 Å². The summed E-state index contributed by atoms with van der Waals surface area (Å²) in [6, 6.07) is 12.9. The fourth-order valence-electron chi connectivity index (χ4n) is 2.65. The summed E-state index contributed by atoms with van der Waals surface area (Å²) in [5.74, 6) is 0.437. The van der Waals surface area contributed by atoms with Crippen molar-refractivity contribution in [3.05, 3.63) is 58.5 Å². The molecule has 7 heteroatoms. The van der Waals surface area contributed by atoms with Crippen molar-refractivity contribution in [2.45, 2.75) is 4.90 Å². The van der Waals surface area contributed by atoms with Crippen molar-refractivity contribution in [2.24, 2.45) is 0 Å². The molecule has 2 amide bonds. The first kappa shape index (κ1) is 20.0. The summed E-state index contributed by atoms with van der Waals surface area (Å²) in [7, 11) is 5.52. The first-order chi connectivity index (χ1) is 13.5. The molecule has 0 aliphatic carbocycles. The molecule has 1 heterocycles. The topological polar surface area (TPSA) is 70.7 Å². The quantitative estimate of drug-likeness (QED) is 0.733. The molecule has 2 N–H and O–H groups in total. The molecule has 0 saturated carbocycles. The molecule has 2 aromatic carbocycles. The number of likely N-dealkylation sites (N-methyl/N-ethyl adjacent to an activating group) is 1. The van der Waals surface area contributed by atoms with Crippen LogP contribution >= 0.6 is 11.8 Å². The van der Waals surface area contributed by atoms with E-state index in [0.29, 0.717) is 22.7 Å². The molecule has 0 fully saturated rings. The number of nitrogens with zero attached hydrogens (tertiary/aromatic N) is 1. The van der Waals surface area contributed by atoms with Crippen LogP contribution < -0.4 is 15.4 Å². The zero-order valence-electron chi connectivity index (χ0n) is 16.1. The molecule has 0 spiro atoms. The Bertz CT molecular complexity index is 908. The number of hydrogen-bond acceptors (Lipinski definition) is 5. The van der Waals surface area contributed by atoms with E-state index in [1.165, 1.54) is 11.8 Å². The molecule has 0 bridgehead atoms. The van der Waals surface area contributed by atoms with Crippen LogP contribution in [-0.4, -0.2) is 51.0 Å². The van der Waals surface area contributed by atoms with Crippen molar-refractivity contribution in [1.82, 2.24) is 10.2 Å². The van der Waals surface area contributed by atoms with Gasteiger partial charge in [-0.2, -0.15) is 0 Å². The highest BCUT2D eigenvalue weighted by atomic mass is 32.2. The first-order valence-electron chi connectivity index (χ1n) is 8.88. The molecule has 0 aromatic heterocycles. The summed E-state index contributed by atoms with van der Waals surface area (Å²) < 4.78 is 5.15. The third-order valence-corrected chi connectivity index (χ3v) is 5.29. The molecular formula is C21H23N3O3S. The van der Waals surface area contributed by atoms with Gasteiger partial charge in [0, 0.05) is 23.5 Å². The average Bonchev–Trinajstić information content (AvgIpc) is 2.68. The van der Waals surface area contributed by atoms with Crippen molar-refractivity contribution in [1.29, 1.82) is 0 Å². The number of hydrogen-bond donors (Lipinski definition) is 2. The summed E-state index contributed by atoms with van der Waals surface area (Å²) in [4.78, 5) is 28.3. The third kappa shape index (κ3) is 4.94. The Hall–Kier alpha value is -2.77. The lowest BCUT2D eigenvalue weighted by molar-refractivity contribution is -0.112. The first-order valence-corrected chi connectivity index (χ1v) is 9.70. The fourth-order valence-corrected chi connectivity index (χ4v) is 3.58. The minimum atomic E-state index is -0.182. The van der Waals surface area contributed by atoms with Crippen LogP contribution in [0.5, 0.6) is 5.75 Å². The molecule has 0 radical (unpaired) electrons.